The fourth-order valence-electron chi connectivity index (χ4n) is 1.96. The highest BCUT2D eigenvalue weighted by Gasteiger charge is 2.18. The number of rotatable bonds is 5. The van der Waals surface area contributed by atoms with Crippen LogP contribution in [0, 0.1) is 0 Å². The molecule has 1 aliphatic heterocycles. The molecule has 2 N–H and O–H groups in total. The van der Waals surface area contributed by atoms with Gasteiger partial charge in [0.05, 0.1) is 0 Å². The summed E-state index contributed by atoms with van der Waals surface area (Å²) >= 11 is 0. The fourth-order valence-corrected chi connectivity index (χ4v) is 1.96. The molecule has 0 radical (unpaired) electrons. The van der Waals surface area contributed by atoms with Crippen LogP contribution >= 0.6 is 0 Å². The number of piperidine rings is 1. The first-order valence-electron chi connectivity index (χ1n) is 5.82. The molecule has 1 aliphatic rings. The minimum Gasteiger partial charge on any atom is -0.396 e. The van der Waals surface area contributed by atoms with Gasteiger partial charge in [0.25, 0.3) is 0 Å². The molecule has 4 nitrogen and oxygen atoms in total. The van der Waals surface area contributed by atoms with Gasteiger partial charge >= 0.3 is 0 Å². The maximum atomic E-state index is 11.3. The molecule has 1 rings (SSSR count). The normalized spacial score (nSPS) is 22.7. The molecule has 0 aliphatic carbocycles. The van der Waals surface area contributed by atoms with Crippen molar-refractivity contribution in [1.29, 1.82) is 0 Å². The number of amides is 1. The lowest BCUT2D eigenvalue weighted by Crippen LogP contribution is -2.44. The first-order chi connectivity index (χ1) is 7.24. The van der Waals surface area contributed by atoms with E-state index < -0.39 is 0 Å². The van der Waals surface area contributed by atoms with E-state index in [9.17, 15) is 4.79 Å². The number of nitrogens with one attached hydrogen (secondary N) is 1. The monoisotopic (exact) mass is 214 g/mol. The summed E-state index contributed by atoms with van der Waals surface area (Å²) < 4.78 is 0. The largest absolute Gasteiger partial charge is 0.396 e. The smallest absolute Gasteiger partial charge is 0.220 e. The highest BCUT2D eigenvalue weighted by atomic mass is 16.3. The van der Waals surface area contributed by atoms with Crippen LogP contribution in [0.1, 0.15) is 32.1 Å². The highest BCUT2D eigenvalue weighted by Crippen LogP contribution is 2.13. The van der Waals surface area contributed by atoms with Crippen molar-refractivity contribution >= 4 is 5.91 Å². The number of carbonyl (C=O) groups is 1. The van der Waals surface area contributed by atoms with Crippen molar-refractivity contribution in [2.75, 3.05) is 26.7 Å². The Hall–Kier alpha value is -0.610. The van der Waals surface area contributed by atoms with Gasteiger partial charge in [-0.3, -0.25) is 4.79 Å². The Balaban J connectivity index is 2.14. The molecule has 1 fully saturated rings. The zero-order valence-corrected chi connectivity index (χ0v) is 9.54. The van der Waals surface area contributed by atoms with E-state index >= 15 is 0 Å². The first kappa shape index (κ1) is 12.5. The Morgan fingerprint density at radius 2 is 2.33 bits per heavy atom. The van der Waals surface area contributed by atoms with Gasteiger partial charge in [-0.2, -0.15) is 0 Å². The van der Waals surface area contributed by atoms with Crippen molar-refractivity contribution in [2.24, 2.45) is 0 Å². The number of likely N-dealkylation sites (tertiary alicyclic amines) is 1. The minimum absolute atomic E-state index is 0.0584. The minimum atomic E-state index is 0.0584. The zero-order valence-electron chi connectivity index (χ0n) is 9.54. The summed E-state index contributed by atoms with van der Waals surface area (Å²) in [6, 6.07) is 0.497. The van der Waals surface area contributed by atoms with Crippen molar-refractivity contribution in [3.05, 3.63) is 0 Å². The summed E-state index contributed by atoms with van der Waals surface area (Å²) in [6.45, 7) is 1.98. The van der Waals surface area contributed by atoms with E-state index in [1.165, 1.54) is 19.3 Å². The molecule has 0 aromatic heterocycles. The molecular weight excluding hydrogens is 192 g/mol. The highest BCUT2D eigenvalue weighted by molar-refractivity contribution is 5.75. The van der Waals surface area contributed by atoms with Gasteiger partial charge in [-0.1, -0.05) is 6.42 Å². The van der Waals surface area contributed by atoms with Gasteiger partial charge in [-0.05, 0) is 32.9 Å². The average Bonchev–Trinajstić information content (AvgIpc) is 2.25. The second-order valence-corrected chi connectivity index (χ2v) is 4.26. The van der Waals surface area contributed by atoms with Gasteiger partial charge in [0.1, 0.15) is 0 Å². The SMILES string of the molecule is CN1CCCCC1CNC(=O)CCCO. The summed E-state index contributed by atoms with van der Waals surface area (Å²) in [5.41, 5.74) is 0. The number of carbonyl (C=O) groups excluding carboxylic acids is 1. The summed E-state index contributed by atoms with van der Waals surface area (Å²) in [5.74, 6) is 0.0584. The Morgan fingerprint density at radius 3 is 3.00 bits per heavy atom. The maximum absolute atomic E-state index is 11.3. The number of likely N-dealkylation sites (N-methyl/N-ethyl adjacent to an activating group) is 1. The molecule has 0 spiro atoms. The number of hydrogen-bond donors (Lipinski definition) is 2. The number of hydrogen-bond acceptors (Lipinski definition) is 3. The van der Waals surface area contributed by atoms with E-state index in [0.29, 0.717) is 18.9 Å². The molecular formula is C11H22N2O2. The van der Waals surface area contributed by atoms with Crippen LogP contribution in [-0.2, 0) is 4.79 Å². The Kier molecular flexibility index (Phi) is 5.65. The number of aliphatic hydroxyl groups is 1. The van der Waals surface area contributed by atoms with E-state index in [1.54, 1.807) is 0 Å². The van der Waals surface area contributed by atoms with Crippen LogP contribution in [0.4, 0.5) is 0 Å². The molecule has 88 valence electrons. The summed E-state index contributed by atoms with van der Waals surface area (Å²) in [6.07, 6.45) is 4.71. The molecule has 15 heavy (non-hydrogen) atoms. The molecule has 0 saturated carbocycles. The Morgan fingerprint density at radius 1 is 1.53 bits per heavy atom. The van der Waals surface area contributed by atoms with Crippen molar-refractivity contribution in [2.45, 2.75) is 38.1 Å². The van der Waals surface area contributed by atoms with Crippen LogP contribution in [0.3, 0.4) is 0 Å². The predicted octanol–water partition coefficient (Wildman–Crippen LogP) is 0.359. The molecule has 0 aromatic carbocycles. The number of nitrogens with zero attached hydrogens (tertiary/aromatic N) is 1. The van der Waals surface area contributed by atoms with Crippen LogP contribution in [0.2, 0.25) is 0 Å². The van der Waals surface area contributed by atoms with Crippen molar-refractivity contribution < 1.29 is 9.90 Å². The van der Waals surface area contributed by atoms with Crippen LogP contribution in [0.5, 0.6) is 0 Å². The Labute approximate surface area is 91.6 Å². The lowest BCUT2D eigenvalue weighted by atomic mass is 10.0. The summed E-state index contributed by atoms with van der Waals surface area (Å²) in [7, 11) is 2.11. The van der Waals surface area contributed by atoms with E-state index in [2.05, 4.69) is 17.3 Å². The van der Waals surface area contributed by atoms with Crippen LogP contribution < -0.4 is 5.32 Å². The third-order valence-electron chi connectivity index (χ3n) is 3.02. The van der Waals surface area contributed by atoms with E-state index in [1.807, 2.05) is 0 Å². The van der Waals surface area contributed by atoms with Crippen LogP contribution in [0.25, 0.3) is 0 Å². The molecule has 0 aromatic rings. The fraction of sp³-hybridized carbons (Fsp3) is 0.909. The molecule has 1 saturated heterocycles. The van der Waals surface area contributed by atoms with Gasteiger partial charge in [-0.25, -0.2) is 0 Å². The van der Waals surface area contributed by atoms with Crippen LogP contribution in [0.15, 0.2) is 0 Å². The zero-order chi connectivity index (χ0) is 11.1. The van der Waals surface area contributed by atoms with Gasteiger partial charge in [-0.15, -0.1) is 0 Å². The third-order valence-corrected chi connectivity index (χ3v) is 3.02. The van der Waals surface area contributed by atoms with Crippen LogP contribution in [-0.4, -0.2) is 48.7 Å². The second kappa shape index (κ2) is 6.80. The van der Waals surface area contributed by atoms with Gasteiger partial charge in [0.15, 0.2) is 0 Å². The predicted molar refractivity (Wildman–Crippen MR) is 59.6 cm³/mol. The topological polar surface area (TPSA) is 52.6 Å². The molecule has 1 unspecified atom stereocenters. The van der Waals surface area contributed by atoms with Gasteiger partial charge < -0.3 is 15.3 Å². The van der Waals surface area contributed by atoms with Crippen molar-refractivity contribution in [3.8, 4) is 0 Å². The van der Waals surface area contributed by atoms with E-state index in [4.69, 9.17) is 5.11 Å². The van der Waals surface area contributed by atoms with Crippen molar-refractivity contribution in [1.82, 2.24) is 10.2 Å². The first-order valence-corrected chi connectivity index (χ1v) is 5.82. The molecule has 1 heterocycles. The third kappa shape index (κ3) is 4.62. The maximum Gasteiger partial charge on any atom is 0.220 e. The summed E-state index contributed by atoms with van der Waals surface area (Å²) in [5, 5.41) is 11.5. The standard InChI is InChI=1S/C11H22N2O2/c1-13-7-3-2-5-10(13)9-12-11(15)6-4-8-14/h10,14H,2-9H2,1H3,(H,12,15). The summed E-state index contributed by atoms with van der Waals surface area (Å²) in [4.78, 5) is 13.6. The Bertz CT molecular complexity index is 197. The van der Waals surface area contributed by atoms with Crippen molar-refractivity contribution in [3.63, 3.8) is 0 Å². The molecule has 1 atom stereocenters. The second-order valence-electron chi connectivity index (χ2n) is 4.26. The number of aliphatic hydroxyl groups excluding tert-OH is 1. The van der Waals surface area contributed by atoms with E-state index in [-0.39, 0.29) is 12.5 Å². The quantitative estimate of drug-likeness (QED) is 0.695. The molecule has 4 heteroatoms. The molecule has 1 amide bonds. The average molecular weight is 214 g/mol. The molecule has 0 bridgehead atoms. The lowest BCUT2D eigenvalue weighted by molar-refractivity contribution is -0.121. The lowest BCUT2D eigenvalue weighted by Gasteiger charge is -2.32. The van der Waals surface area contributed by atoms with Gasteiger partial charge in [0.2, 0.25) is 5.91 Å². The van der Waals surface area contributed by atoms with E-state index in [0.717, 1.165) is 13.1 Å². The van der Waals surface area contributed by atoms with Gasteiger partial charge in [0, 0.05) is 25.6 Å².